The highest BCUT2D eigenvalue weighted by molar-refractivity contribution is 5.63. The van der Waals surface area contributed by atoms with Gasteiger partial charge >= 0.3 is 6.18 Å². The quantitative estimate of drug-likeness (QED) is 0.531. The smallest absolute Gasteiger partial charge is 0.340 e. The Morgan fingerprint density at radius 1 is 0.929 bits per heavy atom. The summed E-state index contributed by atoms with van der Waals surface area (Å²) in [7, 11) is 0. The molecule has 7 heteroatoms. The van der Waals surface area contributed by atoms with E-state index in [1.165, 1.54) is 0 Å². The summed E-state index contributed by atoms with van der Waals surface area (Å²) in [5.74, 6) is 0.240. The van der Waals surface area contributed by atoms with Gasteiger partial charge in [0, 0.05) is 17.6 Å². The number of benzene rings is 2. The van der Waals surface area contributed by atoms with Crippen molar-refractivity contribution < 1.29 is 13.2 Å². The summed E-state index contributed by atoms with van der Waals surface area (Å²) in [6.07, 6.45) is -2.94. The van der Waals surface area contributed by atoms with Crippen LogP contribution in [0, 0.1) is 5.92 Å². The van der Waals surface area contributed by atoms with Gasteiger partial charge in [0.05, 0.1) is 0 Å². The number of nitrogens with zero attached hydrogens (tertiary/aromatic N) is 2. The zero-order chi connectivity index (χ0) is 20.1. The molecule has 1 heterocycles. The van der Waals surface area contributed by atoms with E-state index < -0.39 is 11.7 Å². The Balaban J connectivity index is 1.92. The normalized spacial score (nSPS) is 11.5. The van der Waals surface area contributed by atoms with Gasteiger partial charge in [-0.1, -0.05) is 44.2 Å². The first-order valence-corrected chi connectivity index (χ1v) is 8.93. The number of halogens is 3. The molecule has 1 aromatic heterocycles. The van der Waals surface area contributed by atoms with Crippen LogP contribution < -0.4 is 10.6 Å². The lowest BCUT2D eigenvalue weighted by atomic mass is 10.0. The van der Waals surface area contributed by atoms with Crippen LogP contribution in [0.5, 0.6) is 0 Å². The second-order valence-corrected chi connectivity index (χ2v) is 6.87. The van der Waals surface area contributed by atoms with Crippen molar-refractivity contribution in [1.82, 2.24) is 9.97 Å². The highest BCUT2D eigenvalue weighted by atomic mass is 19.4. The minimum Gasteiger partial charge on any atom is -0.340 e. The number of para-hydroxylation sites is 1. The average Bonchev–Trinajstić information content (AvgIpc) is 2.61. The first kappa shape index (κ1) is 19.7. The minimum absolute atomic E-state index is 0.0834. The van der Waals surface area contributed by atoms with E-state index in [0.717, 1.165) is 18.2 Å². The standard InChI is InChI=1S/C21H21F3N4/c1-14(2)11-15-7-6-10-17(12-15)26-19-18(21(22,23)24)13-25-20(28-19)27-16-8-4-3-5-9-16/h3-10,12-14H,11H2,1-2H3,(H2,25,26,27,28). The fraction of sp³-hybridized carbons (Fsp3) is 0.238. The largest absolute Gasteiger partial charge is 0.421 e. The molecule has 0 fully saturated rings. The zero-order valence-electron chi connectivity index (χ0n) is 15.6. The van der Waals surface area contributed by atoms with E-state index in [9.17, 15) is 13.2 Å². The second kappa shape index (κ2) is 8.29. The molecule has 0 spiro atoms. The molecule has 2 N–H and O–H groups in total. The van der Waals surface area contributed by atoms with E-state index in [4.69, 9.17) is 0 Å². The average molecular weight is 386 g/mol. The Kier molecular flexibility index (Phi) is 5.82. The predicted molar refractivity (Wildman–Crippen MR) is 105 cm³/mol. The van der Waals surface area contributed by atoms with Gasteiger partial charge in [-0.3, -0.25) is 0 Å². The molecule has 0 radical (unpaired) electrons. The van der Waals surface area contributed by atoms with Gasteiger partial charge in [-0.15, -0.1) is 0 Å². The van der Waals surface area contributed by atoms with Gasteiger partial charge in [-0.05, 0) is 42.2 Å². The van der Waals surface area contributed by atoms with E-state index in [1.807, 2.05) is 36.4 Å². The van der Waals surface area contributed by atoms with E-state index in [1.54, 1.807) is 18.2 Å². The third-order valence-corrected chi connectivity index (χ3v) is 3.96. The molecular weight excluding hydrogens is 365 g/mol. The van der Waals surface area contributed by atoms with E-state index in [0.29, 0.717) is 17.3 Å². The first-order chi connectivity index (χ1) is 13.3. The van der Waals surface area contributed by atoms with Gasteiger partial charge in [0.25, 0.3) is 0 Å². The van der Waals surface area contributed by atoms with Crippen molar-refractivity contribution in [2.24, 2.45) is 5.92 Å². The first-order valence-electron chi connectivity index (χ1n) is 8.93. The van der Waals surface area contributed by atoms with Crippen LogP contribution in [0.2, 0.25) is 0 Å². The number of rotatable bonds is 6. The van der Waals surface area contributed by atoms with E-state index in [2.05, 4.69) is 34.4 Å². The zero-order valence-corrected chi connectivity index (χ0v) is 15.6. The molecule has 146 valence electrons. The number of alkyl halides is 3. The Bertz CT molecular complexity index is 924. The predicted octanol–water partition coefficient (Wildman–Crippen LogP) is 6.18. The Labute approximate surface area is 161 Å². The number of nitrogens with one attached hydrogen (secondary N) is 2. The lowest BCUT2D eigenvalue weighted by molar-refractivity contribution is -0.137. The van der Waals surface area contributed by atoms with Crippen molar-refractivity contribution in [2.75, 3.05) is 10.6 Å². The Hall–Kier alpha value is -3.09. The maximum atomic E-state index is 13.4. The highest BCUT2D eigenvalue weighted by Gasteiger charge is 2.35. The summed E-state index contributed by atoms with van der Waals surface area (Å²) >= 11 is 0. The van der Waals surface area contributed by atoms with Crippen LogP contribution in [0.25, 0.3) is 0 Å². The van der Waals surface area contributed by atoms with Crippen LogP contribution >= 0.6 is 0 Å². The van der Waals surface area contributed by atoms with Crippen molar-refractivity contribution in [3.05, 3.63) is 71.9 Å². The van der Waals surface area contributed by atoms with Crippen LogP contribution in [0.15, 0.2) is 60.8 Å². The molecule has 0 atom stereocenters. The number of anilines is 4. The monoisotopic (exact) mass is 386 g/mol. The topological polar surface area (TPSA) is 49.8 Å². The molecule has 0 saturated carbocycles. The lowest BCUT2D eigenvalue weighted by Gasteiger charge is -2.15. The molecule has 0 saturated heterocycles. The summed E-state index contributed by atoms with van der Waals surface area (Å²) < 4.78 is 40.3. The molecule has 3 rings (SSSR count). The van der Waals surface area contributed by atoms with Crippen molar-refractivity contribution >= 4 is 23.1 Å². The number of aromatic nitrogens is 2. The Morgan fingerprint density at radius 3 is 2.32 bits per heavy atom. The van der Waals surface area contributed by atoms with Crippen LogP contribution in [-0.2, 0) is 12.6 Å². The molecule has 0 aliphatic carbocycles. The third-order valence-electron chi connectivity index (χ3n) is 3.96. The number of hydrogen-bond donors (Lipinski definition) is 2. The molecule has 0 bridgehead atoms. The van der Waals surface area contributed by atoms with E-state index in [-0.39, 0.29) is 11.8 Å². The molecule has 0 aliphatic heterocycles. The van der Waals surface area contributed by atoms with Crippen molar-refractivity contribution in [2.45, 2.75) is 26.4 Å². The van der Waals surface area contributed by atoms with Gasteiger partial charge in [-0.2, -0.15) is 18.2 Å². The minimum atomic E-state index is -4.57. The van der Waals surface area contributed by atoms with Gasteiger partial charge in [0.1, 0.15) is 11.4 Å². The molecule has 4 nitrogen and oxygen atoms in total. The SMILES string of the molecule is CC(C)Cc1cccc(Nc2nc(Nc3ccccc3)ncc2C(F)(F)F)c1. The molecule has 2 aromatic carbocycles. The number of hydrogen-bond acceptors (Lipinski definition) is 4. The second-order valence-electron chi connectivity index (χ2n) is 6.87. The fourth-order valence-corrected chi connectivity index (χ4v) is 2.78. The van der Waals surface area contributed by atoms with Crippen LogP contribution in [0.1, 0.15) is 25.0 Å². The van der Waals surface area contributed by atoms with Crippen molar-refractivity contribution in [1.29, 1.82) is 0 Å². The van der Waals surface area contributed by atoms with Crippen LogP contribution in [0.3, 0.4) is 0 Å². The summed E-state index contributed by atoms with van der Waals surface area (Å²) in [6, 6.07) is 16.4. The molecule has 3 aromatic rings. The third kappa shape index (κ3) is 5.22. The highest BCUT2D eigenvalue weighted by Crippen LogP contribution is 2.35. The molecule has 0 unspecified atom stereocenters. The maximum Gasteiger partial charge on any atom is 0.421 e. The summed E-state index contributed by atoms with van der Waals surface area (Å²) in [5.41, 5.74) is 1.37. The van der Waals surface area contributed by atoms with E-state index >= 15 is 0 Å². The maximum absolute atomic E-state index is 13.4. The molecule has 0 amide bonds. The van der Waals surface area contributed by atoms with Crippen LogP contribution in [0.4, 0.5) is 36.3 Å². The molecular formula is C21H21F3N4. The summed E-state index contributed by atoms with van der Waals surface area (Å²) in [6.45, 7) is 4.18. The summed E-state index contributed by atoms with van der Waals surface area (Å²) in [4.78, 5) is 7.88. The summed E-state index contributed by atoms with van der Waals surface area (Å²) in [5, 5.41) is 5.72. The van der Waals surface area contributed by atoms with Gasteiger partial charge in [0.15, 0.2) is 0 Å². The van der Waals surface area contributed by atoms with Crippen molar-refractivity contribution in [3.63, 3.8) is 0 Å². The Morgan fingerprint density at radius 2 is 1.64 bits per heavy atom. The lowest BCUT2D eigenvalue weighted by Crippen LogP contribution is -2.12. The van der Waals surface area contributed by atoms with Gasteiger partial charge < -0.3 is 10.6 Å². The van der Waals surface area contributed by atoms with Crippen molar-refractivity contribution in [3.8, 4) is 0 Å². The fourth-order valence-electron chi connectivity index (χ4n) is 2.78. The van der Waals surface area contributed by atoms with Gasteiger partial charge in [-0.25, -0.2) is 4.98 Å². The molecule has 0 aliphatic rings. The van der Waals surface area contributed by atoms with Crippen LogP contribution in [-0.4, -0.2) is 9.97 Å². The van der Waals surface area contributed by atoms with Gasteiger partial charge in [0.2, 0.25) is 5.95 Å². The molecule has 28 heavy (non-hydrogen) atoms.